The molecule has 0 spiro atoms. The van der Waals surface area contributed by atoms with E-state index in [1.807, 2.05) is 13.8 Å². The Morgan fingerprint density at radius 3 is 2.17 bits per heavy atom. The highest BCUT2D eigenvalue weighted by Gasteiger charge is 2.33. The first kappa shape index (κ1) is 30.2. The summed E-state index contributed by atoms with van der Waals surface area (Å²) in [5.41, 5.74) is 1.50. The maximum absolute atomic E-state index is 13.8. The summed E-state index contributed by atoms with van der Waals surface area (Å²) in [6, 6.07) is 8.76. The molecule has 2 aromatic carbocycles. The Hall–Kier alpha value is -2.00. The predicted molar refractivity (Wildman–Crippen MR) is 147 cm³/mol. The fourth-order valence-corrected chi connectivity index (χ4v) is 5.17. The predicted octanol–water partition coefficient (Wildman–Crippen LogP) is 5.44. The highest BCUT2D eigenvalue weighted by molar-refractivity contribution is 7.92. The molecule has 0 saturated carbocycles. The number of anilines is 1. The van der Waals surface area contributed by atoms with Crippen LogP contribution in [0.5, 0.6) is 0 Å². The Morgan fingerprint density at radius 1 is 1.00 bits per heavy atom. The van der Waals surface area contributed by atoms with Gasteiger partial charge in [-0.1, -0.05) is 60.8 Å². The molecule has 0 bridgehead atoms. The topological polar surface area (TPSA) is 86.8 Å². The molecule has 0 aliphatic carbocycles. The van der Waals surface area contributed by atoms with E-state index in [1.165, 1.54) is 11.0 Å². The van der Waals surface area contributed by atoms with Crippen molar-refractivity contribution in [3.8, 4) is 0 Å². The summed E-state index contributed by atoms with van der Waals surface area (Å²) in [6.45, 7) is 6.82. The summed E-state index contributed by atoms with van der Waals surface area (Å²) in [5, 5.41) is 4.02. The van der Waals surface area contributed by atoms with Crippen LogP contribution in [0.3, 0.4) is 0 Å². The van der Waals surface area contributed by atoms with Gasteiger partial charge in [-0.15, -0.1) is 0 Å². The van der Waals surface area contributed by atoms with Crippen molar-refractivity contribution in [2.45, 2.75) is 59.2 Å². The molecule has 0 radical (unpaired) electrons. The molecule has 36 heavy (non-hydrogen) atoms. The van der Waals surface area contributed by atoms with Crippen molar-refractivity contribution in [1.82, 2.24) is 10.2 Å². The lowest BCUT2D eigenvalue weighted by Gasteiger charge is -2.34. The lowest BCUT2D eigenvalue weighted by atomic mass is 10.1. The first-order valence-electron chi connectivity index (χ1n) is 11.6. The van der Waals surface area contributed by atoms with Gasteiger partial charge in [0.15, 0.2) is 0 Å². The molecular weight excluding hydrogens is 545 g/mol. The molecule has 2 aromatic rings. The fraction of sp³-hybridized carbons (Fsp3) is 0.440. The van der Waals surface area contributed by atoms with Gasteiger partial charge in [-0.2, -0.15) is 0 Å². The highest BCUT2D eigenvalue weighted by Crippen LogP contribution is 2.28. The lowest BCUT2D eigenvalue weighted by Crippen LogP contribution is -2.53. The minimum absolute atomic E-state index is 0.00655. The Morgan fingerprint density at radius 2 is 1.61 bits per heavy atom. The van der Waals surface area contributed by atoms with Gasteiger partial charge in [-0.05, 0) is 62.1 Å². The average Bonchev–Trinajstić information content (AvgIpc) is 2.79. The normalized spacial score (nSPS) is 13.1. The zero-order valence-corrected chi connectivity index (χ0v) is 24.1. The molecule has 7 nitrogen and oxygen atoms in total. The number of benzene rings is 2. The van der Waals surface area contributed by atoms with Gasteiger partial charge in [0.1, 0.15) is 12.6 Å². The van der Waals surface area contributed by atoms with Crippen LogP contribution in [0.2, 0.25) is 15.1 Å². The minimum atomic E-state index is -3.86. The maximum atomic E-state index is 13.8. The third-order valence-electron chi connectivity index (χ3n) is 5.86. The van der Waals surface area contributed by atoms with Gasteiger partial charge in [0.2, 0.25) is 21.8 Å². The van der Waals surface area contributed by atoms with E-state index in [1.54, 1.807) is 44.2 Å². The summed E-state index contributed by atoms with van der Waals surface area (Å²) >= 11 is 18.5. The Bertz CT molecular complexity index is 1210. The number of nitrogens with zero attached hydrogens (tertiary/aromatic N) is 2. The van der Waals surface area contributed by atoms with Crippen molar-refractivity contribution in [2.75, 3.05) is 17.1 Å². The van der Waals surface area contributed by atoms with E-state index >= 15 is 0 Å². The molecule has 0 fully saturated rings. The highest BCUT2D eigenvalue weighted by atomic mass is 35.5. The fourth-order valence-electron chi connectivity index (χ4n) is 3.64. The summed E-state index contributed by atoms with van der Waals surface area (Å²) in [6.07, 6.45) is 2.05. The number of hydrogen-bond acceptors (Lipinski definition) is 4. The summed E-state index contributed by atoms with van der Waals surface area (Å²) in [4.78, 5) is 28.3. The summed E-state index contributed by atoms with van der Waals surface area (Å²) in [7, 11) is -3.86. The van der Waals surface area contributed by atoms with Crippen LogP contribution in [0.4, 0.5) is 5.69 Å². The van der Waals surface area contributed by atoms with E-state index in [0.717, 1.165) is 17.0 Å². The molecule has 0 aromatic heterocycles. The largest absolute Gasteiger partial charge is 0.352 e. The third-order valence-corrected chi connectivity index (χ3v) is 7.81. The minimum Gasteiger partial charge on any atom is -0.352 e. The first-order valence-corrected chi connectivity index (χ1v) is 14.5. The van der Waals surface area contributed by atoms with Crippen molar-refractivity contribution in [1.29, 1.82) is 0 Å². The van der Waals surface area contributed by atoms with Gasteiger partial charge in [-0.3, -0.25) is 13.9 Å². The van der Waals surface area contributed by atoms with Crippen LogP contribution in [0.1, 0.15) is 44.7 Å². The molecule has 1 N–H and O–H groups in total. The Labute approximate surface area is 228 Å². The van der Waals surface area contributed by atoms with E-state index in [2.05, 4.69) is 5.32 Å². The van der Waals surface area contributed by atoms with Crippen molar-refractivity contribution in [3.63, 3.8) is 0 Å². The summed E-state index contributed by atoms with van der Waals surface area (Å²) < 4.78 is 26.5. The smallest absolute Gasteiger partial charge is 0.244 e. The van der Waals surface area contributed by atoms with E-state index in [-0.39, 0.29) is 18.5 Å². The van der Waals surface area contributed by atoms with E-state index in [4.69, 9.17) is 34.8 Å². The zero-order valence-electron chi connectivity index (χ0n) is 21.0. The van der Waals surface area contributed by atoms with Crippen LogP contribution < -0.4 is 9.62 Å². The van der Waals surface area contributed by atoms with Gasteiger partial charge in [-0.25, -0.2) is 8.42 Å². The van der Waals surface area contributed by atoms with Crippen LogP contribution in [0.25, 0.3) is 0 Å². The van der Waals surface area contributed by atoms with Crippen LogP contribution in [-0.2, 0) is 26.2 Å². The monoisotopic (exact) mass is 575 g/mol. The van der Waals surface area contributed by atoms with Crippen LogP contribution in [0.15, 0.2) is 36.4 Å². The molecule has 2 unspecified atom stereocenters. The van der Waals surface area contributed by atoms with Crippen LogP contribution >= 0.6 is 34.8 Å². The SMILES string of the molecule is CCC(C)NC(=O)C(CC)N(Cc1ccc(Cl)cc1Cl)C(=O)CN(c1cc(Cl)ccc1C)S(C)(=O)=O. The number of amides is 2. The second-order valence-corrected chi connectivity index (χ2v) is 11.9. The molecule has 2 amide bonds. The van der Waals surface area contributed by atoms with Crippen molar-refractivity contribution in [2.24, 2.45) is 0 Å². The number of carbonyl (C=O) groups excluding carboxylic acids is 2. The molecular formula is C25H32Cl3N3O4S. The standard InChI is InChI=1S/C25H32Cl3N3O4S/c1-6-17(4)29-25(33)22(7-2)30(14-18-9-11-19(26)12-21(18)28)24(32)15-31(36(5,34)35)23-13-20(27)10-8-16(23)3/h8-13,17,22H,6-7,14-15H2,1-5H3,(H,29,33). The van der Waals surface area contributed by atoms with Crippen molar-refractivity contribution >= 4 is 62.3 Å². The number of rotatable bonds is 11. The number of halogens is 3. The van der Waals surface area contributed by atoms with Gasteiger partial charge >= 0.3 is 0 Å². The molecule has 0 aliphatic rings. The maximum Gasteiger partial charge on any atom is 0.244 e. The number of hydrogen-bond donors (Lipinski definition) is 1. The van der Waals surface area contributed by atoms with Gasteiger partial charge < -0.3 is 10.2 Å². The second kappa shape index (κ2) is 13.0. The van der Waals surface area contributed by atoms with Crippen LogP contribution in [0, 0.1) is 6.92 Å². The average molecular weight is 577 g/mol. The van der Waals surface area contributed by atoms with Gasteiger partial charge in [0.05, 0.1) is 11.9 Å². The zero-order chi connectivity index (χ0) is 27.2. The van der Waals surface area contributed by atoms with E-state index in [0.29, 0.717) is 38.3 Å². The van der Waals surface area contributed by atoms with Gasteiger partial charge in [0.25, 0.3) is 0 Å². The Kier molecular flexibility index (Phi) is 10.9. The Balaban J connectivity index is 2.52. The second-order valence-electron chi connectivity index (χ2n) is 8.70. The van der Waals surface area contributed by atoms with E-state index in [9.17, 15) is 18.0 Å². The van der Waals surface area contributed by atoms with Crippen molar-refractivity contribution in [3.05, 3.63) is 62.6 Å². The number of sulfonamides is 1. The molecule has 0 heterocycles. The first-order chi connectivity index (χ1) is 16.8. The molecule has 2 rings (SSSR count). The molecule has 0 aliphatic heterocycles. The van der Waals surface area contributed by atoms with Crippen LogP contribution in [-0.4, -0.2) is 50.0 Å². The molecule has 11 heteroatoms. The number of aryl methyl sites for hydroxylation is 1. The third kappa shape index (κ3) is 8.00. The quantitative estimate of drug-likeness (QED) is 0.386. The summed E-state index contributed by atoms with van der Waals surface area (Å²) in [5.74, 6) is -0.882. The number of carbonyl (C=O) groups is 2. The van der Waals surface area contributed by atoms with E-state index < -0.39 is 28.5 Å². The molecule has 0 saturated heterocycles. The van der Waals surface area contributed by atoms with Gasteiger partial charge in [0, 0.05) is 27.7 Å². The number of nitrogens with one attached hydrogen (secondary N) is 1. The molecule has 2 atom stereocenters. The van der Waals surface area contributed by atoms with Crippen molar-refractivity contribution < 1.29 is 18.0 Å². The molecule has 198 valence electrons. The lowest BCUT2D eigenvalue weighted by molar-refractivity contribution is -0.140.